The van der Waals surface area contributed by atoms with E-state index in [2.05, 4.69) is 38.1 Å². The summed E-state index contributed by atoms with van der Waals surface area (Å²) in [6.07, 6.45) is 0.965. The van der Waals surface area contributed by atoms with Gasteiger partial charge < -0.3 is 4.90 Å². The maximum absolute atomic E-state index is 12.2. The Kier molecular flexibility index (Phi) is 6.20. The predicted molar refractivity (Wildman–Crippen MR) is 76.8 cm³/mol. The number of halogens is 1. The zero-order valence-corrected chi connectivity index (χ0v) is 12.2. The van der Waals surface area contributed by atoms with Gasteiger partial charge >= 0.3 is 0 Å². The standard InChI is InChI=1S/C15H22ClNO/c1-4-9-17(15(18)13(3)10-16)11-14-7-5-12(2)6-8-14/h5-8,13H,4,9-11H2,1-3H3. The Bertz CT molecular complexity index is 375. The smallest absolute Gasteiger partial charge is 0.226 e. The van der Waals surface area contributed by atoms with E-state index in [4.69, 9.17) is 11.6 Å². The molecule has 1 amide bonds. The second-order valence-corrected chi connectivity index (χ2v) is 5.11. The Hall–Kier alpha value is -1.02. The number of nitrogens with zero attached hydrogens (tertiary/aromatic N) is 1. The van der Waals surface area contributed by atoms with Gasteiger partial charge in [0.25, 0.3) is 0 Å². The van der Waals surface area contributed by atoms with Crippen LogP contribution in [-0.2, 0) is 11.3 Å². The SMILES string of the molecule is CCCN(Cc1ccc(C)cc1)C(=O)C(C)CCl. The highest BCUT2D eigenvalue weighted by Crippen LogP contribution is 2.11. The molecule has 1 aromatic rings. The molecule has 1 rings (SSSR count). The third-order valence-corrected chi connectivity index (χ3v) is 3.42. The van der Waals surface area contributed by atoms with Crippen molar-refractivity contribution in [2.45, 2.75) is 33.7 Å². The summed E-state index contributed by atoms with van der Waals surface area (Å²) in [5, 5.41) is 0. The zero-order valence-electron chi connectivity index (χ0n) is 11.4. The lowest BCUT2D eigenvalue weighted by Crippen LogP contribution is -2.35. The monoisotopic (exact) mass is 267 g/mol. The van der Waals surface area contributed by atoms with Gasteiger partial charge in [-0.2, -0.15) is 0 Å². The van der Waals surface area contributed by atoms with Gasteiger partial charge in [-0.3, -0.25) is 4.79 Å². The molecule has 0 aliphatic carbocycles. The lowest BCUT2D eigenvalue weighted by Gasteiger charge is -2.25. The first-order valence-corrected chi connectivity index (χ1v) is 7.02. The van der Waals surface area contributed by atoms with Gasteiger partial charge in [-0.05, 0) is 18.9 Å². The number of amides is 1. The Morgan fingerprint density at radius 1 is 1.33 bits per heavy atom. The lowest BCUT2D eigenvalue weighted by atomic mass is 10.1. The molecule has 3 heteroatoms. The van der Waals surface area contributed by atoms with Crippen molar-refractivity contribution in [2.24, 2.45) is 5.92 Å². The molecule has 0 saturated heterocycles. The molecule has 18 heavy (non-hydrogen) atoms. The highest BCUT2D eigenvalue weighted by atomic mass is 35.5. The molecular weight excluding hydrogens is 246 g/mol. The number of carbonyl (C=O) groups is 1. The van der Waals surface area contributed by atoms with Crippen LogP contribution in [0.5, 0.6) is 0 Å². The molecule has 0 heterocycles. The Morgan fingerprint density at radius 3 is 2.44 bits per heavy atom. The number of rotatable bonds is 6. The fourth-order valence-corrected chi connectivity index (χ4v) is 1.96. The molecule has 0 aliphatic rings. The largest absolute Gasteiger partial charge is 0.338 e. The van der Waals surface area contributed by atoms with Crippen LogP contribution in [0, 0.1) is 12.8 Å². The summed E-state index contributed by atoms with van der Waals surface area (Å²) in [6.45, 7) is 7.49. The van der Waals surface area contributed by atoms with Gasteiger partial charge in [0.05, 0.1) is 0 Å². The van der Waals surface area contributed by atoms with Crippen LogP contribution in [0.3, 0.4) is 0 Å². The lowest BCUT2D eigenvalue weighted by molar-refractivity contribution is -0.135. The van der Waals surface area contributed by atoms with Crippen LogP contribution in [0.25, 0.3) is 0 Å². The van der Waals surface area contributed by atoms with Gasteiger partial charge in [0.2, 0.25) is 5.91 Å². The molecule has 0 bridgehead atoms. The average Bonchev–Trinajstić information content (AvgIpc) is 2.39. The number of carbonyl (C=O) groups excluding carboxylic acids is 1. The van der Waals surface area contributed by atoms with Crippen molar-refractivity contribution in [3.8, 4) is 0 Å². The normalized spacial score (nSPS) is 12.2. The van der Waals surface area contributed by atoms with Crippen LogP contribution in [0.4, 0.5) is 0 Å². The number of aryl methyl sites for hydroxylation is 1. The van der Waals surface area contributed by atoms with Crippen molar-refractivity contribution < 1.29 is 4.79 Å². The van der Waals surface area contributed by atoms with Crippen molar-refractivity contribution in [3.05, 3.63) is 35.4 Å². The summed E-state index contributed by atoms with van der Waals surface area (Å²) in [7, 11) is 0. The van der Waals surface area contributed by atoms with E-state index in [1.165, 1.54) is 11.1 Å². The average molecular weight is 268 g/mol. The number of alkyl halides is 1. The molecule has 0 radical (unpaired) electrons. The van der Waals surface area contributed by atoms with E-state index in [9.17, 15) is 4.79 Å². The van der Waals surface area contributed by atoms with Gasteiger partial charge in [-0.15, -0.1) is 11.6 Å². The maximum Gasteiger partial charge on any atom is 0.226 e. The van der Waals surface area contributed by atoms with Crippen molar-refractivity contribution in [2.75, 3.05) is 12.4 Å². The van der Waals surface area contributed by atoms with Crippen molar-refractivity contribution >= 4 is 17.5 Å². The van der Waals surface area contributed by atoms with E-state index in [0.29, 0.717) is 12.4 Å². The van der Waals surface area contributed by atoms with Gasteiger partial charge in [0.15, 0.2) is 0 Å². The van der Waals surface area contributed by atoms with Crippen molar-refractivity contribution in [1.82, 2.24) is 4.90 Å². The topological polar surface area (TPSA) is 20.3 Å². The summed E-state index contributed by atoms with van der Waals surface area (Å²) >= 11 is 5.77. The quantitative estimate of drug-likeness (QED) is 0.721. The maximum atomic E-state index is 12.2. The minimum absolute atomic E-state index is 0.108. The summed E-state index contributed by atoms with van der Waals surface area (Å²) in [6, 6.07) is 8.32. The second kappa shape index (κ2) is 7.42. The molecule has 1 atom stereocenters. The fourth-order valence-electron chi connectivity index (χ4n) is 1.83. The van der Waals surface area contributed by atoms with Gasteiger partial charge in [-0.25, -0.2) is 0 Å². The Labute approximate surface area is 115 Å². The van der Waals surface area contributed by atoms with Gasteiger partial charge in [-0.1, -0.05) is 43.7 Å². The van der Waals surface area contributed by atoms with Crippen LogP contribution < -0.4 is 0 Å². The third-order valence-electron chi connectivity index (χ3n) is 2.95. The molecule has 0 fully saturated rings. The van der Waals surface area contributed by atoms with Crippen LogP contribution in [0.1, 0.15) is 31.4 Å². The molecule has 0 spiro atoms. The van der Waals surface area contributed by atoms with Crippen LogP contribution in [-0.4, -0.2) is 23.2 Å². The Morgan fingerprint density at radius 2 is 1.94 bits per heavy atom. The summed E-state index contributed by atoms with van der Waals surface area (Å²) < 4.78 is 0. The number of benzene rings is 1. The van der Waals surface area contributed by atoms with E-state index in [1.807, 2.05) is 11.8 Å². The van der Waals surface area contributed by atoms with E-state index in [1.54, 1.807) is 0 Å². The second-order valence-electron chi connectivity index (χ2n) is 4.80. The minimum atomic E-state index is -0.108. The molecule has 1 aromatic carbocycles. The molecule has 100 valence electrons. The van der Waals surface area contributed by atoms with Gasteiger partial charge in [0.1, 0.15) is 0 Å². The van der Waals surface area contributed by atoms with E-state index in [-0.39, 0.29) is 11.8 Å². The number of hydrogen-bond acceptors (Lipinski definition) is 1. The number of hydrogen-bond donors (Lipinski definition) is 0. The molecular formula is C15H22ClNO. The summed E-state index contributed by atoms with van der Waals surface area (Å²) in [4.78, 5) is 14.1. The highest BCUT2D eigenvalue weighted by molar-refractivity contribution is 6.19. The summed E-state index contributed by atoms with van der Waals surface area (Å²) in [5.41, 5.74) is 2.41. The first-order chi connectivity index (χ1) is 8.58. The molecule has 0 aromatic heterocycles. The van der Waals surface area contributed by atoms with Crippen molar-refractivity contribution in [1.29, 1.82) is 0 Å². The third kappa shape index (κ3) is 4.34. The van der Waals surface area contributed by atoms with Crippen LogP contribution in [0.15, 0.2) is 24.3 Å². The van der Waals surface area contributed by atoms with Crippen LogP contribution >= 0.6 is 11.6 Å². The van der Waals surface area contributed by atoms with Gasteiger partial charge in [0, 0.05) is 24.9 Å². The molecule has 2 nitrogen and oxygen atoms in total. The molecule has 0 aliphatic heterocycles. The predicted octanol–water partition coefficient (Wildman–Crippen LogP) is 3.61. The van der Waals surface area contributed by atoms with E-state index < -0.39 is 0 Å². The van der Waals surface area contributed by atoms with Crippen molar-refractivity contribution in [3.63, 3.8) is 0 Å². The minimum Gasteiger partial charge on any atom is -0.338 e. The Balaban J connectivity index is 2.73. The zero-order chi connectivity index (χ0) is 13.5. The molecule has 0 saturated carbocycles. The van der Waals surface area contributed by atoms with E-state index >= 15 is 0 Å². The first kappa shape index (κ1) is 15.0. The molecule has 1 unspecified atom stereocenters. The van der Waals surface area contributed by atoms with E-state index in [0.717, 1.165) is 13.0 Å². The van der Waals surface area contributed by atoms with Crippen LogP contribution in [0.2, 0.25) is 0 Å². The summed E-state index contributed by atoms with van der Waals surface area (Å²) in [5.74, 6) is 0.420. The fraction of sp³-hybridized carbons (Fsp3) is 0.533. The first-order valence-electron chi connectivity index (χ1n) is 6.48. The molecule has 0 N–H and O–H groups in total. The highest BCUT2D eigenvalue weighted by Gasteiger charge is 2.19.